The third-order valence-electron chi connectivity index (χ3n) is 2.17. The minimum Gasteiger partial charge on any atom is -0.481 e. The Labute approximate surface area is 86.2 Å². The molecule has 0 unspecified atom stereocenters. The second-order valence-corrected chi connectivity index (χ2v) is 3.31. The van der Waals surface area contributed by atoms with Gasteiger partial charge < -0.3 is 10.1 Å². The van der Waals surface area contributed by atoms with Crippen molar-refractivity contribution in [1.29, 1.82) is 0 Å². The van der Waals surface area contributed by atoms with Crippen LogP contribution in [0.4, 0.5) is 0 Å². The number of hydrogen-bond acceptors (Lipinski definition) is 3. The number of carbonyl (C=O) groups is 1. The third-order valence-corrected chi connectivity index (χ3v) is 2.17. The minimum atomic E-state index is -0.920. The van der Waals surface area contributed by atoms with E-state index in [9.17, 15) is 4.79 Å². The summed E-state index contributed by atoms with van der Waals surface area (Å²) >= 11 is 0. The van der Waals surface area contributed by atoms with E-state index in [1.54, 1.807) is 6.20 Å². The van der Waals surface area contributed by atoms with Crippen LogP contribution >= 0.6 is 0 Å². The fourth-order valence-electron chi connectivity index (χ4n) is 1.42. The van der Waals surface area contributed by atoms with Crippen LogP contribution in [0.5, 0.6) is 0 Å². The van der Waals surface area contributed by atoms with Crippen LogP contribution in [-0.4, -0.2) is 26.0 Å². The third kappa shape index (κ3) is 1.96. The normalized spacial score (nSPS) is 10.7. The zero-order chi connectivity index (χ0) is 10.8. The zero-order valence-electron chi connectivity index (χ0n) is 8.32. The van der Waals surface area contributed by atoms with Gasteiger partial charge >= 0.3 is 5.97 Å². The van der Waals surface area contributed by atoms with E-state index in [0.29, 0.717) is 11.5 Å². The average molecular weight is 205 g/mol. The van der Waals surface area contributed by atoms with Crippen molar-refractivity contribution in [2.45, 2.75) is 19.8 Å². The van der Waals surface area contributed by atoms with E-state index in [-0.39, 0.29) is 6.42 Å². The van der Waals surface area contributed by atoms with Gasteiger partial charge in [0.05, 0.1) is 0 Å². The molecule has 78 valence electrons. The summed E-state index contributed by atoms with van der Waals surface area (Å²) in [5.41, 5.74) is 1.78. The van der Waals surface area contributed by atoms with E-state index in [4.69, 9.17) is 5.11 Å². The lowest BCUT2D eigenvalue weighted by atomic mass is 10.3. The van der Waals surface area contributed by atoms with Gasteiger partial charge in [0.15, 0.2) is 0 Å². The van der Waals surface area contributed by atoms with Crippen molar-refractivity contribution in [2.75, 3.05) is 0 Å². The number of H-pyrrole nitrogens is 1. The molecule has 2 heterocycles. The maximum atomic E-state index is 10.5. The standard InChI is InChI=1S/C10H11N3O2/c1-2-7-3-6-5-11-8(4-9(14)15)13-10(6)12-7/h3,5H,2,4H2,1H3,(H,14,15)(H,11,12,13). The lowest BCUT2D eigenvalue weighted by Crippen LogP contribution is -2.04. The highest BCUT2D eigenvalue weighted by molar-refractivity contribution is 5.76. The Morgan fingerprint density at radius 1 is 1.60 bits per heavy atom. The highest BCUT2D eigenvalue weighted by Crippen LogP contribution is 2.12. The molecule has 0 bridgehead atoms. The summed E-state index contributed by atoms with van der Waals surface area (Å²) in [6.45, 7) is 2.04. The van der Waals surface area contributed by atoms with Crippen molar-refractivity contribution in [1.82, 2.24) is 15.0 Å². The van der Waals surface area contributed by atoms with Crippen LogP contribution in [0.1, 0.15) is 18.4 Å². The van der Waals surface area contributed by atoms with Crippen LogP contribution in [0.25, 0.3) is 11.0 Å². The molecule has 0 atom stereocenters. The van der Waals surface area contributed by atoms with Gasteiger partial charge in [0.1, 0.15) is 17.9 Å². The van der Waals surface area contributed by atoms with E-state index in [1.807, 2.05) is 13.0 Å². The van der Waals surface area contributed by atoms with Crippen LogP contribution in [0.2, 0.25) is 0 Å². The van der Waals surface area contributed by atoms with Gasteiger partial charge in [0.25, 0.3) is 0 Å². The molecule has 5 heteroatoms. The summed E-state index contributed by atoms with van der Waals surface area (Å²) in [6, 6.07) is 1.97. The monoisotopic (exact) mass is 205 g/mol. The molecule has 2 N–H and O–H groups in total. The summed E-state index contributed by atoms with van der Waals surface area (Å²) < 4.78 is 0. The maximum absolute atomic E-state index is 10.5. The molecule has 0 aliphatic carbocycles. The SMILES string of the molecule is CCc1cc2cnc(CC(=O)O)nc2[nH]1. The molecule has 5 nitrogen and oxygen atoms in total. The van der Waals surface area contributed by atoms with Crippen molar-refractivity contribution < 1.29 is 9.90 Å². The van der Waals surface area contributed by atoms with Gasteiger partial charge in [0, 0.05) is 17.3 Å². The number of aliphatic carboxylic acids is 1. The van der Waals surface area contributed by atoms with Gasteiger partial charge in [-0.2, -0.15) is 0 Å². The Balaban J connectivity index is 2.41. The van der Waals surface area contributed by atoms with Gasteiger partial charge in [0.2, 0.25) is 0 Å². The Bertz CT molecular complexity index is 504. The average Bonchev–Trinajstić information content (AvgIpc) is 2.58. The van der Waals surface area contributed by atoms with E-state index < -0.39 is 5.97 Å². The first kappa shape index (κ1) is 9.64. The molecule has 0 spiro atoms. The van der Waals surface area contributed by atoms with Gasteiger partial charge in [-0.25, -0.2) is 9.97 Å². The smallest absolute Gasteiger partial charge is 0.311 e. The molecule has 0 amide bonds. The number of aromatic amines is 1. The molecule has 0 aliphatic heterocycles. The number of hydrogen-bond donors (Lipinski definition) is 2. The summed E-state index contributed by atoms with van der Waals surface area (Å²) in [7, 11) is 0. The lowest BCUT2D eigenvalue weighted by Gasteiger charge is -1.94. The molecule has 0 aromatic carbocycles. The number of carboxylic acids is 1. The van der Waals surface area contributed by atoms with Gasteiger partial charge in [-0.3, -0.25) is 4.79 Å². The van der Waals surface area contributed by atoms with Crippen molar-refractivity contribution in [3.63, 3.8) is 0 Å². The summed E-state index contributed by atoms with van der Waals surface area (Å²) in [6.07, 6.45) is 2.40. The van der Waals surface area contributed by atoms with Crippen LogP contribution < -0.4 is 0 Å². The molecule has 0 saturated carbocycles. The van der Waals surface area contributed by atoms with Crippen molar-refractivity contribution in [3.8, 4) is 0 Å². The molecular formula is C10H11N3O2. The van der Waals surface area contributed by atoms with E-state index in [0.717, 1.165) is 17.5 Å². The van der Waals surface area contributed by atoms with Crippen LogP contribution in [0, 0.1) is 0 Å². The van der Waals surface area contributed by atoms with E-state index >= 15 is 0 Å². The number of carboxylic acid groups (broad SMARTS) is 1. The fourth-order valence-corrected chi connectivity index (χ4v) is 1.42. The highest BCUT2D eigenvalue weighted by atomic mass is 16.4. The maximum Gasteiger partial charge on any atom is 0.311 e. The van der Waals surface area contributed by atoms with Crippen molar-refractivity contribution in [3.05, 3.63) is 23.8 Å². The molecule has 0 saturated heterocycles. The number of nitrogens with zero attached hydrogens (tertiary/aromatic N) is 2. The molecular weight excluding hydrogens is 194 g/mol. The first-order valence-electron chi connectivity index (χ1n) is 4.74. The lowest BCUT2D eigenvalue weighted by molar-refractivity contribution is -0.136. The largest absolute Gasteiger partial charge is 0.481 e. The topological polar surface area (TPSA) is 78.9 Å². The van der Waals surface area contributed by atoms with Gasteiger partial charge in [-0.15, -0.1) is 0 Å². The summed E-state index contributed by atoms with van der Waals surface area (Å²) in [5.74, 6) is -0.587. The summed E-state index contributed by atoms with van der Waals surface area (Å²) in [5, 5.41) is 9.52. The van der Waals surface area contributed by atoms with Crippen LogP contribution in [0.15, 0.2) is 12.3 Å². The van der Waals surface area contributed by atoms with Crippen molar-refractivity contribution >= 4 is 17.0 Å². The molecule has 2 aromatic rings. The van der Waals surface area contributed by atoms with Crippen molar-refractivity contribution in [2.24, 2.45) is 0 Å². The molecule has 2 rings (SSSR count). The van der Waals surface area contributed by atoms with Crippen LogP contribution in [-0.2, 0) is 17.6 Å². The number of fused-ring (bicyclic) bond motifs is 1. The highest BCUT2D eigenvalue weighted by Gasteiger charge is 2.06. The second-order valence-electron chi connectivity index (χ2n) is 3.31. The first-order valence-corrected chi connectivity index (χ1v) is 4.74. The Morgan fingerprint density at radius 2 is 2.40 bits per heavy atom. The number of aromatic nitrogens is 3. The Morgan fingerprint density at radius 3 is 3.07 bits per heavy atom. The first-order chi connectivity index (χ1) is 7.19. The predicted molar refractivity (Wildman–Crippen MR) is 54.6 cm³/mol. The Hall–Kier alpha value is -1.91. The molecule has 15 heavy (non-hydrogen) atoms. The zero-order valence-corrected chi connectivity index (χ0v) is 8.32. The van der Waals surface area contributed by atoms with Crippen LogP contribution in [0.3, 0.4) is 0 Å². The molecule has 2 aromatic heterocycles. The number of aryl methyl sites for hydroxylation is 1. The van der Waals surface area contributed by atoms with Gasteiger partial charge in [-0.1, -0.05) is 6.92 Å². The fraction of sp³-hybridized carbons (Fsp3) is 0.300. The van der Waals surface area contributed by atoms with Gasteiger partial charge in [-0.05, 0) is 12.5 Å². The summed E-state index contributed by atoms with van der Waals surface area (Å²) in [4.78, 5) is 21.7. The van der Waals surface area contributed by atoms with E-state index in [2.05, 4.69) is 15.0 Å². The molecule has 0 aliphatic rings. The molecule has 0 fully saturated rings. The Kier molecular flexibility index (Phi) is 2.37. The van der Waals surface area contributed by atoms with E-state index in [1.165, 1.54) is 0 Å². The minimum absolute atomic E-state index is 0.142. The quantitative estimate of drug-likeness (QED) is 0.787. The number of nitrogens with one attached hydrogen (secondary N) is 1. The number of rotatable bonds is 3. The second kappa shape index (κ2) is 3.68. The molecule has 0 radical (unpaired) electrons. The predicted octanol–water partition coefficient (Wildman–Crippen LogP) is 1.15.